The first kappa shape index (κ1) is 12.5. The van der Waals surface area contributed by atoms with Crippen LogP contribution >= 0.6 is 11.6 Å². The van der Waals surface area contributed by atoms with Crippen LogP contribution in [0.15, 0.2) is 30.5 Å². The third-order valence-electron chi connectivity index (χ3n) is 3.01. The van der Waals surface area contributed by atoms with E-state index < -0.39 is 0 Å². The van der Waals surface area contributed by atoms with Crippen molar-refractivity contribution >= 4 is 22.5 Å². The van der Waals surface area contributed by atoms with Gasteiger partial charge in [0.2, 0.25) is 0 Å². The number of rotatable bonds is 6. The molecule has 2 nitrogen and oxygen atoms in total. The van der Waals surface area contributed by atoms with Crippen LogP contribution in [0.1, 0.15) is 19.8 Å². The highest BCUT2D eigenvalue weighted by Crippen LogP contribution is 2.24. The Balaban J connectivity index is 1.97. The van der Waals surface area contributed by atoms with Crippen molar-refractivity contribution in [1.29, 1.82) is 0 Å². The number of nitrogens with one attached hydrogen (secondary N) is 1. The van der Waals surface area contributed by atoms with Gasteiger partial charge in [-0.15, -0.1) is 0 Å². The molecule has 92 valence electrons. The minimum Gasteiger partial charge on any atom is -0.347 e. The van der Waals surface area contributed by atoms with Gasteiger partial charge >= 0.3 is 0 Å². The first-order valence-corrected chi connectivity index (χ1v) is 6.65. The summed E-state index contributed by atoms with van der Waals surface area (Å²) < 4.78 is 2.28. The zero-order valence-corrected chi connectivity index (χ0v) is 11.0. The number of benzene rings is 1. The topological polar surface area (TPSA) is 17.0 Å². The van der Waals surface area contributed by atoms with Crippen LogP contribution in [0, 0.1) is 0 Å². The van der Waals surface area contributed by atoms with Crippen molar-refractivity contribution in [2.24, 2.45) is 0 Å². The molecule has 0 saturated carbocycles. The van der Waals surface area contributed by atoms with Gasteiger partial charge in [-0.05, 0) is 44.1 Å². The number of halogens is 1. The standard InChI is InChI=1S/C14H19ClN2/c1-2-16-9-3-4-10-17-11-8-12-13(15)6-5-7-14(12)17/h5-8,11,16H,2-4,9-10H2,1H3. The Kier molecular flexibility index (Phi) is 4.46. The number of aryl methyl sites for hydroxylation is 1. The van der Waals surface area contributed by atoms with Crippen LogP contribution in [0.3, 0.4) is 0 Å². The molecule has 0 unspecified atom stereocenters. The van der Waals surface area contributed by atoms with E-state index in [2.05, 4.69) is 35.1 Å². The fourth-order valence-corrected chi connectivity index (χ4v) is 2.32. The zero-order valence-electron chi connectivity index (χ0n) is 10.2. The Morgan fingerprint density at radius 3 is 2.94 bits per heavy atom. The molecule has 0 spiro atoms. The van der Waals surface area contributed by atoms with Gasteiger partial charge in [0.25, 0.3) is 0 Å². The highest BCUT2D eigenvalue weighted by Gasteiger charge is 2.03. The van der Waals surface area contributed by atoms with Gasteiger partial charge in [-0.25, -0.2) is 0 Å². The monoisotopic (exact) mass is 250 g/mol. The van der Waals surface area contributed by atoms with Gasteiger partial charge in [0.15, 0.2) is 0 Å². The summed E-state index contributed by atoms with van der Waals surface area (Å²) >= 11 is 6.15. The van der Waals surface area contributed by atoms with Crippen LogP contribution in [0.5, 0.6) is 0 Å². The molecule has 3 heteroatoms. The molecular formula is C14H19ClN2. The molecule has 0 aliphatic heterocycles. The summed E-state index contributed by atoms with van der Waals surface area (Å²) in [7, 11) is 0. The fourth-order valence-electron chi connectivity index (χ4n) is 2.09. The minimum atomic E-state index is 0.842. The maximum atomic E-state index is 6.15. The molecule has 1 N–H and O–H groups in total. The van der Waals surface area contributed by atoms with Crippen molar-refractivity contribution in [3.8, 4) is 0 Å². The van der Waals surface area contributed by atoms with Crippen molar-refractivity contribution in [3.05, 3.63) is 35.5 Å². The molecule has 0 radical (unpaired) electrons. The van der Waals surface area contributed by atoms with Crippen molar-refractivity contribution in [1.82, 2.24) is 9.88 Å². The maximum Gasteiger partial charge on any atom is 0.0499 e. The molecule has 1 aromatic carbocycles. The summed E-state index contributed by atoms with van der Waals surface area (Å²) in [5, 5.41) is 5.34. The van der Waals surface area contributed by atoms with E-state index in [4.69, 9.17) is 11.6 Å². The second kappa shape index (κ2) is 6.08. The van der Waals surface area contributed by atoms with E-state index in [0.29, 0.717) is 0 Å². The SMILES string of the molecule is CCNCCCCn1ccc2c(Cl)cccc21. The van der Waals surface area contributed by atoms with E-state index in [9.17, 15) is 0 Å². The summed E-state index contributed by atoms with van der Waals surface area (Å²) in [6.07, 6.45) is 4.54. The number of hydrogen-bond donors (Lipinski definition) is 1. The molecule has 2 rings (SSSR count). The number of aromatic nitrogens is 1. The highest BCUT2D eigenvalue weighted by atomic mass is 35.5. The largest absolute Gasteiger partial charge is 0.347 e. The molecule has 17 heavy (non-hydrogen) atoms. The summed E-state index contributed by atoms with van der Waals surface area (Å²) in [4.78, 5) is 0. The van der Waals surface area contributed by atoms with E-state index in [1.165, 1.54) is 18.4 Å². The van der Waals surface area contributed by atoms with Gasteiger partial charge in [0.05, 0.1) is 0 Å². The summed E-state index contributed by atoms with van der Waals surface area (Å²) in [6.45, 7) is 5.37. The predicted octanol–water partition coefficient (Wildman–Crippen LogP) is 3.68. The predicted molar refractivity (Wildman–Crippen MR) is 74.7 cm³/mol. The molecule has 0 aliphatic carbocycles. The third kappa shape index (κ3) is 3.02. The fraction of sp³-hybridized carbons (Fsp3) is 0.429. The molecule has 0 fully saturated rings. The summed E-state index contributed by atoms with van der Waals surface area (Å²) in [5.74, 6) is 0. The molecule has 0 amide bonds. The third-order valence-corrected chi connectivity index (χ3v) is 3.34. The minimum absolute atomic E-state index is 0.842. The molecule has 0 aliphatic rings. The van der Waals surface area contributed by atoms with E-state index in [0.717, 1.165) is 30.0 Å². The Labute approximate surface area is 108 Å². The zero-order chi connectivity index (χ0) is 12.1. The van der Waals surface area contributed by atoms with Crippen molar-refractivity contribution in [3.63, 3.8) is 0 Å². The van der Waals surface area contributed by atoms with Crippen molar-refractivity contribution < 1.29 is 0 Å². The second-order valence-corrected chi connectivity index (χ2v) is 4.65. The quantitative estimate of drug-likeness (QED) is 0.774. The summed E-state index contributed by atoms with van der Waals surface area (Å²) in [5.41, 5.74) is 1.24. The van der Waals surface area contributed by atoms with Gasteiger partial charge in [-0.3, -0.25) is 0 Å². The molecule has 0 bridgehead atoms. The number of nitrogens with zero attached hydrogens (tertiary/aromatic N) is 1. The number of fused-ring (bicyclic) bond motifs is 1. The molecule has 1 aromatic heterocycles. The molecule has 2 aromatic rings. The normalized spacial score (nSPS) is 11.2. The van der Waals surface area contributed by atoms with Crippen LogP contribution in [0.25, 0.3) is 10.9 Å². The molecular weight excluding hydrogens is 232 g/mol. The van der Waals surface area contributed by atoms with Gasteiger partial charge in [0.1, 0.15) is 0 Å². The Morgan fingerprint density at radius 2 is 2.12 bits per heavy atom. The lowest BCUT2D eigenvalue weighted by Crippen LogP contribution is -2.14. The van der Waals surface area contributed by atoms with E-state index in [1.807, 2.05) is 12.1 Å². The van der Waals surface area contributed by atoms with Gasteiger partial charge < -0.3 is 9.88 Å². The van der Waals surface area contributed by atoms with Gasteiger partial charge in [0, 0.05) is 28.7 Å². The first-order valence-electron chi connectivity index (χ1n) is 6.27. The summed E-state index contributed by atoms with van der Waals surface area (Å²) in [6, 6.07) is 8.19. The van der Waals surface area contributed by atoms with Crippen LogP contribution in [-0.2, 0) is 6.54 Å². The Morgan fingerprint density at radius 1 is 1.24 bits per heavy atom. The molecule has 1 heterocycles. The van der Waals surface area contributed by atoms with E-state index >= 15 is 0 Å². The highest BCUT2D eigenvalue weighted by molar-refractivity contribution is 6.35. The van der Waals surface area contributed by atoms with Crippen LogP contribution in [0.4, 0.5) is 0 Å². The lowest BCUT2D eigenvalue weighted by atomic mass is 10.2. The van der Waals surface area contributed by atoms with Crippen LogP contribution in [-0.4, -0.2) is 17.7 Å². The smallest absolute Gasteiger partial charge is 0.0499 e. The second-order valence-electron chi connectivity index (χ2n) is 4.24. The molecule has 0 saturated heterocycles. The van der Waals surface area contributed by atoms with Gasteiger partial charge in [-0.2, -0.15) is 0 Å². The number of unbranched alkanes of at least 4 members (excludes halogenated alkanes) is 1. The van der Waals surface area contributed by atoms with Gasteiger partial charge in [-0.1, -0.05) is 24.6 Å². The molecule has 0 atom stereocenters. The van der Waals surface area contributed by atoms with Crippen molar-refractivity contribution in [2.45, 2.75) is 26.3 Å². The van der Waals surface area contributed by atoms with E-state index in [1.54, 1.807) is 0 Å². The Hall–Kier alpha value is -0.990. The lowest BCUT2D eigenvalue weighted by Gasteiger charge is -2.06. The average Bonchev–Trinajstić information content (AvgIpc) is 2.74. The van der Waals surface area contributed by atoms with Crippen LogP contribution < -0.4 is 5.32 Å². The van der Waals surface area contributed by atoms with Crippen molar-refractivity contribution in [2.75, 3.05) is 13.1 Å². The Bertz CT molecular complexity index is 476. The maximum absolute atomic E-state index is 6.15. The first-order chi connectivity index (χ1) is 8.33. The number of hydrogen-bond acceptors (Lipinski definition) is 1. The average molecular weight is 251 g/mol. The van der Waals surface area contributed by atoms with E-state index in [-0.39, 0.29) is 0 Å². The van der Waals surface area contributed by atoms with Crippen LogP contribution in [0.2, 0.25) is 5.02 Å². The lowest BCUT2D eigenvalue weighted by molar-refractivity contribution is 0.586.